The lowest BCUT2D eigenvalue weighted by Gasteiger charge is -2.10. The molecule has 2 N–H and O–H groups in total. The maximum atomic E-state index is 11.8. The number of H-pyrrole nitrogens is 1. The molecule has 0 aliphatic heterocycles. The molecule has 0 saturated carbocycles. The zero-order valence-electron chi connectivity index (χ0n) is 10.8. The summed E-state index contributed by atoms with van der Waals surface area (Å²) in [5, 5.41) is 3.49. The Bertz CT molecular complexity index is 707. The summed E-state index contributed by atoms with van der Waals surface area (Å²) in [6.45, 7) is -0.509. The summed E-state index contributed by atoms with van der Waals surface area (Å²) >= 11 is 23.3. The minimum absolute atomic E-state index is 0.139. The number of carbonyl (C=O) groups is 2. The highest BCUT2D eigenvalue weighted by Crippen LogP contribution is 2.33. The topological polar surface area (TPSA) is 71.2 Å². The van der Waals surface area contributed by atoms with Crippen molar-refractivity contribution in [3.05, 3.63) is 50.2 Å². The van der Waals surface area contributed by atoms with E-state index in [9.17, 15) is 9.59 Å². The molecule has 9 heteroatoms. The molecule has 0 aliphatic carbocycles. The molecule has 1 amide bonds. The van der Waals surface area contributed by atoms with E-state index in [1.54, 1.807) is 0 Å². The Kier molecular flexibility index (Phi) is 5.58. The number of anilines is 1. The van der Waals surface area contributed by atoms with E-state index in [1.165, 1.54) is 24.4 Å². The molecule has 0 aliphatic rings. The van der Waals surface area contributed by atoms with Crippen LogP contribution in [0.15, 0.2) is 24.4 Å². The molecular weight excluding hydrogens is 374 g/mol. The first-order chi connectivity index (χ1) is 10.4. The van der Waals surface area contributed by atoms with Crippen molar-refractivity contribution in [2.75, 3.05) is 11.9 Å². The van der Waals surface area contributed by atoms with E-state index < -0.39 is 18.5 Å². The maximum Gasteiger partial charge on any atom is 0.355 e. The van der Waals surface area contributed by atoms with Crippen LogP contribution >= 0.6 is 46.4 Å². The molecule has 1 aromatic carbocycles. The van der Waals surface area contributed by atoms with Gasteiger partial charge in [0.2, 0.25) is 0 Å². The quantitative estimate of drug-likeness (QED) is 0.769. The second-order valence-electron chi connectivity index (χ2n) is 4.10. The lowest BCUT2D eigenvalue weighted by Crippen LogP contribution is -2.21. The third-order valence-electron chi connectivity index (χ3n) is 2.47. The number of aromatic nitrogens is 1. The van der Waals surface area contributed by atoms with Gasteiger partial charge >= 0.3 is 5.97 Å². The van der Waals surface area contributed by atoms with Gasteiger partial charge in [-0.05, 0) is 18.2 Å². The van der Waals surface area contributed by atoms with Gasteiger partial charge in [-0.2, -0.15) is 0 Å². The van der Waals surface area contributed by atoms with Crippen molar-refractivity contribution >= 4 is 64.0 Å². The fraction of sp³-hybridized carbons (Fsp3) is 0.0769. The van der Waals surface area contributed by atoms with E-state index >= 15 is 0 Å². The first-order valence-electron chi connectivity index (χ1n) is 5.82. The van der Waals surface area contributed by atoms with Crippen molar-refractivity contribution < 1.29 is 14.3 Å². The predicted molar refractivity (Wildman–Crippen MR) is 86.2 cm³/mol. The van der Waals surface area contributed by atoms with Crippen LogP contribution in [0, 0.1) is 0 Å². The third kappa shape index (κ3) is 4.30. The molecule has 0 fully saturated rings. The normalized spacial score (nSPS) is 10.4. The molecule has 1 aromatic heterocycles. The van der Waals surface area contributed by atoms with Crippen molar-refractivity contribution in [1.82, 2.24) is 4.98 Å². The van der Waals surface area contributed by atoms with E-state index in [1.807, 2.05) is 0 Å². The summed E-state index contributed by atoms with van der Waals surface area (Å²) in [4.78, 5) is 26.0. The molecule has 2 rings (SSSR count). The Hall–Kier alpha value is -1.40. The SMILES string of the molecule is O=C(COC(=O)c1cc(Cl)c[nH]1)Nc1c(Cl)cc(Cl)cc1Cl. The molecule has 5 nitrogen and oxygen atoms in total. The Balaban J connectivity index is 1.95. The second-order valence-corrected chi connectivity index (χ2v) is 5.79. The number of esters is 1. The molecule has 0 saturated heterocycles. The first-order valence-corrected chi connectivity index (χ1v) is 7.33. The van der Waals surface area contributed by atoms with Crippen LogP contribution in [-0.2, 0) is 9.53 Å². The van der Waals surface area contributed by atoms with Gasteiger partial charge in [-0.3, -0.25) is 4.79 Å². The summed E-state index contributed by atoms with van der Waals surface area (Å²) in [6, 6.07) is 4.24. The highest BCUT2D eigenvalue weighted by Gasteiger charge is 2.15. The van der Waals surface area contributed by atoms with Crippen molar-refractivity contribution in [3.8, 4) is 0 Å². The van der Waals surface area contributed by atoms with Crippen molar-refractivity contribution in [1.29, 1.82) is 0 Å². The van der Waals surface area contributed by atoms with Gasteiger partial charge in [0.15, 0.2) is 6.61 Å². The Morgan fingerprint density at radius 2 is 1.68 bits per heavy atom. The van der Waals surface area contributed by atoms with E-state index in [0.717, 1.165) is 0 Å². The van der Waals surface area contributed by atoms with Crippen LogP contribution in [0.25, 0.3) is 0 Å². The van der Waals surface area contributed by atoms with Gasteiger partial charge in [0, 0.05) is 11.2 Å². The molecule has 0 unspecified atom stereocenters. The number of carbonyl (C=O) groups excluding carboxylic acids is 2. The minimum Gasteiger partial charge on any atom is -0.451 e. The van der Waals surface area contributed by atoms with Crippen molar-refractivity contribution in [3.63, 3.8) is 0 Å². The monoisotopic (exact) mass is 380 g/mol. The number of aromatic amines is 1. The van der Waals surface area contributed by atoms with Crippen LogP contribution in [0.2, 0.25) is 20.1 Å². The third-order valence-corrected chi connectivity index (χ3v) is 3.51. The van der Waals surface area contributed by atoms with Gasteiger partial charge in [0.05, 0.1) is 20.8 Å². The summed E-state index contributed by atoms with van der Waals surface area (Å²) in [5.74, 6) is -1.31. The molecule has 2 aromatic rings. The average molecular weight is 382 g/mol. The van der Waals surface area contributed by atoms with Crippen molar-refractivity contribution in [2.24, 2.45) is 0 Å². The van der Waals surface area contributed by atoms with Crippen LogP contribution in [-0.4, -0.2) is 23.5 Å². The Labute approximate surface area is 145 Å². The van der Waals surface area contributed by atoms with E-state index in [4.69, 9.17) is 51.1 Å². The number of hydrogen-bond acceptors (Lipinski definition) is 3. The van der Waals surface area contributed by atoms with Gasteiger partial charge < -0.3 is 15.0 Å². The maximum absolute atomic E-state index is 11.8. The molecule has 0 bridgehead atoms. The van der Waals surface area contributed by atoms with Gasteiger partial charge in [0.1, 0.15) is 5.69 Å². The summed E-state index contributed by atoms with van der Waals surface area (Å²) in [6.07, 6.45) is 1.42. The highest BCUT2D eigenvalue weighted by atomic mass is 35.5. The van der Waals surface area contributed by atoms with Crippen LogP contribution in [0.5, 0.6) is 0 Å². The van der Waals surface area contributed by atoms with E-state index in [-0.39, 0.29) is 21.4 Å². The van der Waals surface area contributed by atoms with Gasteiger partial charge in [-0.25, -0.2) is 4.79 Å². The van der Waals surface area contributed by atoms with Gasteiger partial charge in [-0.1, -0.05) is 46.4 Å². The highest BCUT2D eigenvalue weighted by molar-refractivity contribution is 6.42. The standard InChI is InChI=1S/C13H8Cl4N2O3/c14-6-1-8(16)12(9(17)2-6)19-11(20)5-22-13(21)10-3-7(15)4-18-10/h1-4,18H,5H2,(H,19,20). The largest absolute Gasteiger partial charge is 0.451 e. The Morgan fingerprint density at radius 1 is 1.05 bits per heavy atom. The lowest BCUT2D eigenvalue weighted by molar-refractivity contribution is -0.119. The number of hydrogen-bond donors (Lipinski definition) is 2. The molecule has 0 atom stereocenters. The van der Waals surface area contributed by atoms with Crippen LogP contribution in [0.1, 0.15) is 10.5 Å². The number of ether oxygens (including phenoxy) is 1. The smallest absolute Gasteiger partial charge is 0.355 e. The summed E-state index contributed by atoms with van der Waals surface area (Å²) < 4.78 is 4.83. The summed E-state index contributed by atoms with van der Waals surface area (Å²) in [5.41, 5.74) is 0.331. The van der Waals surface area contributed by atoms with E-state index in [0.29, 0.717) is 10.0 Å². The number of benzene rings is 1. The van der Waals surface area contributed by atoms with E-state index in [2.05, 4.69) is 10.3 Å². The molecule has 1 heterocycles. The Morgan fingerprint density at radius 3 is 2.23 bits per heavy atom. The molecular formula is C13H8Cl4N2O3. The van der Waals surface area contributed by atoms with Gasteiger partial charge in [-0.15, -0.1) is 0 Å². The fourth-order valence-electron chi connectivity index (χ4n) is 1.53. The number of halogens is 4. The molecule has 0 spiro atoms. The number of rotatable bonds is 4. The lowest BCUT2D eigenvalue weighted by atomic mass is 10.3. The summed E-state index contributed by atoms with van der Waals surface area (Å²) in [7, 11) is 0. The zero-order valence-corrected chi connectivity index (χ0v) is 13.8. The number of amides is 1. The molecule has 116 valence electrons. The number of nitrogens with one attached hydrogen (secondary N) is 2. The van der Waals surface area contributed by atoms with Crippen molar-refractivity contribution in [2.45, 2.75) is 0 Å². The zero-order chi connectivity index (χ0) is 16.3. The first kappa shape index (κ1) is 17.0. The predicted octanol–water partition coefficient (Wildman–Crippen LogP) is 4.42. The van der Waals surface area contributed by atoms with Gasteiger partial charge in [0.25, 0.3) is 5.91 Å². The minimum atomic E-state index is -0.713. The van der Waals surface area contributed by atoms with Crippen LogP contribution in [0.3, 0.4) is 0 Å². The fourth-order valence-corrected chi connectivity index (χ4v) is 2.61. The molecule has 0 radical (unpaired) electrons. The average Bonchev–Trinajstić information content (AvgIpc) is 2.87. The molecule has 22 heavy (non-hydrogen) atoms. The van der Waals surface area contributed by atoms with Crippen LogP contribution < -0.4 is 5.32 Å². The second kappa shape index (κ2) is 7.24. The van der Waals surface area contributed by atoms with Crippen LogP contribution in [0.4, 0.5) is 5.69 Å².